The van der Waals surface area contributed by atoms with Crippen LogP contribution >= 0.6 is 0 Å². The second-order valence-corrected chi connectivity index (χ2v) is 10.1. The number of hydrogen-bond acceptors (Lipinski definition) is 8. The van der Waals surface area contributed by atoms with E-state index >= 15 is 0 Å². The van der Waals surface area contributed by atoms with Crippen LogP contribution in [-0.4, -0.2) is 76.6 Å². The summed E-state index contributed by atoms with van der Waals surface area (Å²) in [6, 6.07) is 3.11. The van der Waals surface area contributed by atoms with Gasteiger partial charge in [0.15, 0.2) is 0 Å². The third-order valence-corrected chi connectivity index (χ3v) is 6.26. The number of amides is 3. The van der Waals surface area contributed by atoms with Crippen molar-refractivity contribution in [2.45, 2.75) is 58.7 Å². The summed E-state index contributed by atoms with van der Waals surface area (Å²) in [4.78, 5) is 45.9. The summed E-state index contributed by atoms with van der Waals surface area (Å²) in [7, 11) is 0. The number of aromatic nitrogens is 1. The van der Waals surface area contributed by atoms with Gasteiger partial charge in [-0.05, 0) is 39.8 Å². The van der Waals surface area contributed by atoms with Crippen molar-refractivity contribution in [2.24, 2.45) is 0 Å². The predicted octanol–water partition coefficient (Wildman–Crippen LogP) is 1.81. The SMILES string of the molecule is CC(=O)N1CCN(c2ccc(NC(=O)c3coc4c3C(=O)NC(C)(C)C4)c(OC(C)C)n2)C[C@H]1CO. The summed E-state index contributed by atoms with van der Waals surface area (Å²) in [6.45, 7) is 10.3. The van der Waals surface area contributed by atoms with Gasteiger partial charge in [0.2, 0.25) is 11.8 Å². The molecule has 0 aromatic carbocycles. The van der Waals surface area contributed by atoms with Gasteiger partial charge in [-0.1, -0.05) is 0 Å². The van der Waals surface area contributed by atoms with E-state index in [4.69, 9.17) is 9.15 Å². The zero-order valence-corrected chi connectivity index (χ0v) is 21.3. The molecule has 3 amide bonds. The van der Waals surface area contributed by atoms with Crippen molar-refractivity contribution >= 4 is 29.2 Å². The number of piperazine rings is 1. The highest BCUT2D eigenvalue weighted by Crippen LogP contribution is 2.31. The predicted molar refractivity (Wildman–Crippen MR) is 132 cm³/mol. The minimum absolute atomic E-state index is 0.0813. The molecule has 11 nitrogen and oxygen atoms in total. The molecule has 4 heterocycles. The van der Waals surface area contributed by atoms with Crippen LogP contribution in [0.1, 0.15) is 61.1 Å². The minimum Gasteiger partial charge on any atom is -0.473 e. The van der Waals surface area contributed by atoms with Crippen LogP contribution in [0.5, 0.6) is 5.88 Å². The quantitative estimate of drug-likeness (QED) is 0.547. The van der Waals surface area contributed by atoms with E-state index in [9.17, 15) is 19.5 Å². The monoisotopic (exact) mass is 499 g/mol. The Hall–Kier alpha value is -3.60. The highest BCUT2D eigenvalue weighted by atomic mass is 16.5. The fourth-order valence-corrected chi connectivity index (χ4v) is 4.60. The minimum atomic E-state index is -0.506. The fraction of sp³-hybridized carbons (Fsp3) is 0.520. The van der Waals surface area contributed by atoms with Gasteiger partial charge in [-0.2, -0.15) is 4.98 Å². The summed E-state index contributed by atoms with van der Waals surface area (Å²) in [5, 5.41) is 15.5. The molecule has 1 fully saturated rings. The lowest BCUT2D eigenvalue weighted by Gasteiger charge is -2.40. The molecule has 0 aliphatic carbocycles. The average molecular weight is 500 g/mol. The van der Waals surface area contributed by atoms with Gasteiger partial charge in [0.25, 0.3) is 11.8 Å². The number of hydrogen-bond donors (Lipinski definition) is 3. The standard InChI is InChI=1S/C25H33N5O6/c1-14(2)36-24-18(6-7-20(27-24)29-8-9-30(15(3)32)16(11-29)12-31)26-22(33)17-13-35-19-10-25(4,5)28-23(34)21(17)19/h6-7,13-14,16,31H,8-12H2,1-5H3,(H,26,33)(H,28,34)/t16-/m0/s1. The molecule has 4 rings (SSSR count). The molecular weight excluding hydrogens is 466 g/mol. The van der Waals surface area contributed by atoms with Gasteiger partial charge in [-0.25, -0.2) is 0 Å². The molecule has 0 saturated carbocycles. The summed E-state index contributed by atoms with van der Waals surface area (Å²) >= 11 is 0. The summed E-state index contributed by atoms with van der Waals surface area (Å²) in [6.07, 6.45) is 1.57. The number of fused-ring (bicyclic) bond motifs is 1. The van der Waals surface area contributed by atoms with Crippen molar-refractivity contribution in [3.05, 3.63) is 35.3 Å². The number of rotatable bonds is 6. The maximum atomic E-state index is 13.2. The summed E-state index contributed by atoms with van der Waals surface area (Å²) in [5.41, 5.74) is 0.272. The molecule has 2 aliphatic rings. The Morgan fingerprint density at radius 3 is 2.75 bits per heavy atom. The largest absolute Gasteiger partial charge is 0.473 e. The number of anilines is 2. The Balaban J connectivity index is 1.57. The molecule has 0 bridgehead atoms. The first kappa shape index (κ1) is 25.5. The zero-order valence-electron chi connectivity index (χ0n) is 21.3. The van der Waals surface area contributed by atoms with Gasteiger partial charge in [0.05, 0.1) is 29.9 Å². The van der Waals surface area contributed by atoms with Crippen LogP contribution in [0.15, 0.2) is 22.8 Å². The summed E-state index contributed by atoms with van der Waals surface area (Å²) < 4.78 is 11.5. The average Bonchev–Trinajstić information content (AvgIpc) is 3.22. The number of nitrogens with zero attached hydrogens (tertiary/aromatic N) is 3. The van der Waals surface area contributed by atoms with Crippen molar-refractivity contribution < 1.29 is 28.6 Å². The number of pyridine rings is 1. The molecule has 194 valence electrons. The Morgan fingerprint density at radius 1 is 1.33 bits per heavy atom. The van der Waals surface area contributed by atoms with E-state index in [2.05, 4.69) is 15.6 Å². The van der Waals surface area contributed by atoms with E-state index in [0.29, 0.717) is 43.3 Å². The Morgan fingerprint density at radius 2 is 2.08 bits per heavy atom. The maximum absolute atomic E-state index is 13.2. The third-order valence-electron chi connectivity index (χ3n) is 6.26. The topological polar surface area (TPSA) is 137 Å². The Kier molecular flexibility index (Phi) is 6.94. The highest BCUT2D eigenvalue weighted by molar-refractivity contribution is 6.13. The molecule has 2 aromatic heterocycles. The number of furan rings is 1. The van der Waals surface area contributed by atoms with E-state index < -0.39 is 11.4 Å². The lowest BCUT2D eigenvalue weighted by molar-refractivity contribution is -0.132. The molecule has 0 radical (unpaired) electrons. The maximum Gasteiger partial charge on any atom is 0.259 e. The van der Waals surface area contributed by atoms with Crippen LogP contribution in [0.4, 0.5) is 11.5 Å². The number of ether oxygens (including phenoxy) is 1. The van der Waals surface area contributed by atoms with Gasteiger partial charge in [-0.15, -0.1) is 0 Å². The first-order chi connectivity index (χ1) is 17.0. The molecule has 2 aromatic rings. The van der Waals surface area contributed by atoms with E-state index in [1.807, 2.05) is 32.6 Å². The van der Waals surface area contributed by atoms with Gasteiger partial charge in [-0.3, -0.25) is 14.4 Å². The Bertz CT molecular complexity index is 1170. The number of aliphatic hydroxyl groups excluding tert-OH is 1. The first-order valence-corrected chi connectivity index (χ1v) is 12.0. The molecular formula is C25H33N5O6. The summed E-state index contributed by atoms with van der Waals surface area (Å²) in [5.74, 6) is 0.371. The van der Waals surface area contributed by atoms with Crippen LogP contribution in [0, 0.1) is 0 Å². The number of carbonyl (C=O) groups excluding carboxylic acids is 3. The molecule has 3 N–H and O–H groups in total. The number of carbonyl (C=O) groups is 3. The second kappa shape index (κ2) is 9.81. The molecule has 1 saturated heterocycles. The van der Waals surface area contributed by atoms with Crippen LogP contribution in [0.3, 0.4) is 0 Å². The fourth-order valence-electron chi connectivity index (χ4n) is 4.60. The lowest BCUT2D eigenvalue weighted by Crippen LogP contribution is -2.56. The van der Waals surface area contributed by atoms with Crippen LogP contribution in [0.2, 0.25) is 0 Å². The zero-order chi connectivity index (χ0) is 26.2. The van der Waals surface area contributed by atoms with Crippen molar-refractivity contribution in [1.82, 2.24) is 15.2 Å². The molecule has 0 unspecified atom stereocenters. The van der Waals surface area contributed by atoms with Crippen molar-refractivity contribution in [3.63, 3.8) is 0 Å². The third kappa shape index (κ3) is 5.15. The number of aliphatic hydroxyl groups is 1. The van der Waals surface area contributed by atoms with Crippen molar-refractivity contribution in [2.75, 3.05) is 36.5 Å². The molecule has 36 heavy (non-hydrogen) atoms. The highest BCUT2D eigenvalue weighted by Gasteiger charge is 2.36. The van der Waals surface area contributed by atoms with Gasteiger partial charge >= 0.3 is 0 Å². The van der Waals surface area contributed by atoms with E-state index in [-0.39, 0.29) is 47.6 Å². The first-order valence-electron chi connectivity index (χ1n) is 12.0. The van der Waals surface area contributed by atoms with Gasteiger partial charge < -0.3 is 34.7 Å². The van der Waals surface area contributed by atoms with Crippen molar-refractivity contribution in [3.8, 4) is 5.88 Å². The lowest BCUT2D eigenvalue weighted by atomic mass is 9.91. The smallest absolute Gasteiger partial charge is 0.259 e. The van der Waals surface area contributed by atoms with Gasteiger partial charge in [0.1, 0.15) is 23.5 Å². The van der Waals surface area contributed by atoms with E-state index in [0.717, 1.165) is 0 Å². The number of nitrogens with one attached hydrogen (secondary N) is 2. The van der Waals surface area contributed by atoms with Crippen LogP contribution < -0.4 is 20.3 Å². The Labute approximate surface area is 209 Å². The van der Waals surface area contributed by atoms with E-state index in [1.54, 1.807) is 17.0 Å². The van der Waals surface area contributed by atoms with E-state index in [1.165, 1.54) is 13.2 Å². The normalized spacial score (nSPS) is 19.1. The molecule has 1 atom stereocenters. The molecule has 11 heteroatoms. The van der Waals surface area contributed by atoms with Gasteiger partial charge in [0, 0.05) is 38.5 Å². The van der Waals surface area contributed by atoms with Crippen LogP contribution in [0.25, 0.3) is 0 Å². The molecule has 2 aliphatic heterocycles. The second-order valence-electron chi connectivity index (χ2n) is 10.1. The molecule has 0 spiro atoms. The van der Waals surface area contributed by atoms with Crippen LogP contribution in [-0.2, 0) is 11.2 Å². The van der Waals surface area contributed by atoms with Crippen molar-refractivity contribution in [1.29, 1.82) is 0 Å².